The van der Waals surface area contributed by atoms with Crippen LogP contribution in [0.5, 0.6) is 0 Å². The van der Waals surface area contributed by atoms with Gasteiger partial charge in [-0.3, -0.25) is 4.79 Å². The average molecular weight is 161 g/mol. The molecule has 2 N–H and O–H groups in total. The third-order valence-corrected chi connectivity index (χ3v) is 2.74. The molecule has 2 atom stereocenters. The molecular weight excluding hydrogens is 150 g/mol. The number of thiol groups is 1. The van der Waals surface area contributed by atoms with Crippen LogP contribution in [0, 0.1) is 0 Å². The van der Waals surface area contributed by atoms with E-state index >= 15 is 0 Å². The monoisotopic (exact) mass is 161 g/mol. The fourth-order valence-corrected chi connectivity index (χ4v) is 1.69. The summed E-state index contributed by atoms with van der Waals surface area (Å²) in [4.78, 5) is 10.6. The van der Waals surface area contributed by atoms with Crippen molar-refractivity contribution >= 4 is 18.6 Å². The van der Waals surface area contributed by atoms with E-state index in [4.69, 9.17) is 5.11 Å². The van der Waals surface area contributed by atoms with Gasteiger partial charge >= 0.3 is 5.97 Å². The smallest absolute Gasteiger partial charge is 0.325 e. The zero-order valence-corrected chi connectivity index (χ0v) is 6.90. The van der Waals surface area contributed by atoms with Gasteiger partial charge in [0.15, 0.2) is 0 Å². The molecule has 1 fully saturated rings. The SMILES string of the molecule is CN[C@@]1(C(=O)O)CC1(C)S. The number of aliphatic carboxylic acids is 1. The van der Waals surface area contributed by atoms with Crippen LogP contribution >= 0.6 is 12.6 Å². The molecule has 1 saturated carbocycles. The molecule has 0 saturated heterocycles. The molecule has 58 valence electrons. The van der Waals surface area contributed by atoms with Crippen LogP contribution in [-0.4, -0.2) is 28.4 Å². The normalized spacial score (nSPS) is 45.1. The highest BCUT2D eigenvalue weighted by molar-refractivity contribution is 7.82. The number of carboxylic acid groups (broad SMARTS) is 1. The molecule has 1 aliphatic carbocycles. The van der Waals surface area contributed by atoms with Gasteiger partial charge in [-0.25, -0.2) is 0 Å². The van der Waals surface area contributed by atoms with Gasteiger partial charge in [0.1, 0.15) is 5.54 Å². The summed E-state index contributed by atoms with van der Waals surface area (Å²) in [5.41, 5.74) is -0.782. The largest absolute Gasteiger partial charge is 0.480 e. The second-order valence-corrected chi connectivity index (χ2v) is 3.90. The highest BCUT2D eigenvalue weighted by Crippen LogP contribution is 2.52. The van der Waals surface area contributed by atoms with Crippen LogP contribution in [0.25, 0.3) is 0 Å². The molecular formula is C6H11NO2S. The first kappa shape index (κ1) is 7.88. The highest BCUT2D eigenvalue weighted by Gasteiger charge is 2.67. The zero-order valence-electron chi connectivity index (χ0n) is 6.01. The van der Waals surface area contributed by atoms with E-state index in [2.05, 4.69) is 17.9 Å². The van der Waals surface area contributed by atoms with E-state index in [1.165, 1.54) is 0 Å². The molecule has 0 spiro atoms. The van der Waals surface area contributed by atoms with E-state index in [1.807, 2.05) is 6.92 Å². The van der Waals surface area contributed by atoms with E-state index in [-0.39, 0.29) is 4.75 Å². The van der Waals surface area contributed by atoms with Crippen LogP contribution in [0.4, 0.5) is 0 Å². The minimum Gasteiger partial charge on any atom is -0.480 e. The van der Waals surface area contributed by atoms with E-state index in [1.54, 1.807) is 7.05 Å². The number of rotatable bonds is 2. The lowest BCUT2D eigenvalue weighted by molar-refractivity contribution is -0.140. The number of carbonyl (C=O) groups is 1. The Labute approximate surface area is 65.2 Å². The maximum absolute atomic E-state index is 10.6. The molecule has 0 aromatic carbocycles. The van der Waals surface area contributed by atoms with Crippen molar-refractivity contribution in [3.05, 3.63) is 0 Å². The topological polar surface area (TPSA) is 49.3 Å². The lowest BCUT2D eigenvalue weighted by Crippen LogP contribution is -2.42. The van der Waals surface area contributed by atoms with Gasteiger partial charge < -0.3 is 10.4 Å². The second kappa shape index (κ2) is 1.89. The number of nitrogens with one attached hydrogen (secondary N) is 1. The van der Waals surface area contributed by atoms with Crippen molar-refractivity contribution in [3.8, 4) is 0 Å². The summed E-state index contributed by atoms with van der Waals surface area (Å²) >= 11 is 4.19. The van der Waals surface area contributed by atoms with Gasteiger partial charge in [0, 0.05) is 4.75 Å². The van der Waals surface area contributed by atoms with Crippen LogP contribution < -0.4 is 5.32 Å². The van der Waals surface area contributed by atoms with E-state index in [0.29, 0.717) is 6.42 Å². The minimum absolute atomic E-state index is 0.381. The van der Waals surface area contributed by atoms with Crippen LogP contribution in [-0.2, 0) is 4.79 Å². The molecule has 0 aromatic heterocycles. The Balaban J connectivity index is 2.78. The van der Waals surface area contributed by atoms with Crippen LogP contribution in [0.2, 0.25) is 0 Å². The lowest BCUT2D eigenvalue weighted by atomic mass is 10.2. The Morgan fingerprint density at radius 3 is 2.20 bits per heavy atom. The number of hydrogen-bond acceptors (Lipinski definition) is 3. The molecule has 10 heavy (non-hydrogen) atoms. The van der Waals surface area contributed by atoms with Crippen molar-refractivity contribution in [2.24, 2.45) is 0 Å². The molecule has 0 amide bonds. The predicted octanol–water partition coefficient (Wildman–Crippen LogP) is 0.121. The van der Waals surface area contributed by atoms with Gasteiger partial charge in [-0.2, -0.15) is 12.6 Å². The quantitative estimate of drug-likeness (QED) is 0.504. The molecule has 0 heterocycles. The number of likely N-dealkylation sites (N-methyl/N-ethyl adjacent to an activating group) is 1. The first-order valence-electron chi connectivity index (χ1n) is 3.11. The standard InChI is InChI=1S/C6H11NO2S/c1-5(10)3-6(5,7-2)4(8)9/h7,10H,3H2,1-2H3,(H,8,9)/t5?,6-/m1/s1. The molecule has 0 aliphatic heterocycles. The maximum Gasteiger partial charge on any atom is 0.325 e. The fourth-order valence-electron chi connectivity index (χ4n) is 1.24. The first-order valence-corrected chi connectivity index (χ1v) is 3.56. The predicted molar refractivity (Wildman–Crippen MR) is 41.4 cm³/mol. The van der Waals surface area contributed by atoms with Crippen molar-refractivity contribution in [1.82, 2.24) is 5.32 Å². The van der Waals surface area contributed by atoms with Crippen molar-refractivity contribution in [2.45, 2.75) is 23.6 Å². The van der Waals surface area contributed by atoms with Gasteiger partial charge in [0.25, 0.3) is 0 Å². The van der Waals surface area contributed by atoms with Crippen LogP contribution in [0.1, 0.15) is 13.3 Å². The van der Waals surface area contributed by atoms with E-state index in [9.17, 15) is 4.79 Å². The molecule has 4 heteroatoms. The van der Waals surface area contributed by atoms with Crippen molar-refractivity contribution in [3.63, 3.8) is 0 Å². The molecule has 0 aromatic rings. The molecule has 1 aliphatic rings. The fraction of sp³-hybridized carbons (Fsp3) is 0.833. The molecule has 1 rings (SSSR count). The van der Waals surface area contributed by atoms with Gasteiger partial charge in [0.2, 0.25) is 0 Å². The minimum atomic E-state index is -0.812. The Kier molecular flexibility index (Phi) is 1.49. The Bertz CT molecular complexity index is 181. The van der Waals surface area contributed by atoms with E-state index in [0.717, 1.165) is 0 Å². The summed E-state index contributed by atoms with van der Waals surface area (Å²) in [6, 6.07) is 0. The maximum atomic E-state index is 10.6. The van der Waals surface area contributed by atoms with Gasteiger partial charge in [-0.1, -0.05) is 0 Å². The van der Waals surface area contributed by atoms with Crippen LogP contribution in [0.3, 0.4) is 0 Å². The van der Waals surface area contributed by atoms with E-state index < -0.39 is 11.5 Å². The number of carboxylic acids is 1. The Morgan fingerprint density at radius 2 is 2.20 bits per heavy atom. The summed E-state index contributed by atoms with van der Waals surface area (Å²) < 4.78 is -0.381. The van der Waals surface area contributed by atoms with Crippen molar-refractivity contribution in [2.75, 3.05) is 7.05 Å². The van der Waals surface area contributed by atoms with Crippen molar-refractivity contribution < 1.29 is 9.90 Å². The molecule has 0 radical (unpaired) electrons. The molecule has 1 unspecified atom stereocenters. The summed E-state index contributed by atoms with van der Waals surface area (Å²) in [6.07, 6.45) is 0.592. The second-order valence-electron chi connectivity index (χ2n) is 2.91. The Morgan fingerprint density at radius 1 is 1.80 bits per heavy atom. The van der Waals surface area contributed by atoms with Gasteiger partial charge in [-0.05, 0) is 20.4 Å². The average Bonchev–Trinajstić information content (AvgIpc) is 2.35. The summed E-state index contributed by atoms with van der Waals surface area (Å²) in [5, 5.41) is 11.5. The summed E-state index contributed by atoms with van der Waals surface area (Å²) in [6.45, 7) is 1.82. The molecule has 0 bridgehead atoms. The van der Waals surface area contributed by atoms with Crippen molar-refractivity contribution in [1.29, 1.82) is 0 Å². The third-order valence-electron chi connectivity index (χ3n) is 2.20. The van der Waals surface area contributed by atoms with Gasteiger partial charge in [-0.15, -0.1) is 0 Å². The summed E-state index contributed by atoms with van der Waals surface area (Å²) in [5.74, 6) is -0.812. The lowest BCUT2D eigenvalue weighted by Gasteiger charge is -2.12. The summed E-state index contributed by atoms with van der Waals surface area (Å²) in [7, 11) is 1.65. The van der Waals surface area contributed by atoms with Crippen LogP contribution in [0.15, 0.2) is 0 Å². The third kappa shape index (κ3) is 0.754. The number of hydrogen-bond donors (Lipinski definition) is 3. The molecule has 3 nitrogen and oxygen atoms in total. The highest BCUT2D eigenvalue weighted by atomic mass is 32.1. The first-order chi connectivity index (χ1) is 4.46. The van der Waals surface area contributed by atoms with Gasteiger partial charge in [0.05, 0.1) is 0 Å². The Hall–Kier alpha value is -0.220. The zero-order chi connectivity index (χ0) is 7.99.